The predicted octanol–water partition coefficient (Wildman–Crippen LogP) is 2.85. The molecule has 0 bridgehead atoms. The van der Waals surface area contributed by atoms with Crippen LogP contribution >= 0.6 is 0 Å². The number of nitrogens with zero attached hydrogens (tertiary/aromatic N) is 3. The Morgan fingerprint density at radius 1 is 1.24 bits per heavy atom. The van der Waals surface area contributed by atoms with Gasteiger partial charge >= 0.3 is 0 Å². The molecule has 150 valence electrons. The van der Waals surface area contributed by atoms with Gasteiger partial charge in [0.25, 0.3) is 11.8 Å². The van der Waals surface area contributed by atoms with Gasteiger partial charge < -0.3 is 19.7 Å². The lowest BCUT2D eigenvalue weighted by Gasteiger charge is -2.38. The second-order valence-corrected chi connectivity index (χ2v) is 8.07. The van der Waals surface area contributed by atoms with Crippen molar-refractivity contribution in [1.82, 2.24) is 25.3 Å². The maximum absolute atomic E-state index is 13.0. The zero-order valence-corrected chi connectivity index (χ0v) is 16.2. The van der Waals surface area contributed by atoms with Crippen LogP contribution in [0.15, 0.2) is 35.1 Å². The number of rotatable bonds is 4. The zero-order valence-electron chi connectivity index (χ0n) is 16.2. The van der Waals surface area contributed by atoms with Crippen LogP contribution in [0.2, 0.25) is 0 Å². The molecule has 2 aromatic heterocycles. The minimum atomic E-state index is -0.207. The highest BCUT2D eigenvalue weighted by molar-refractivity contribution is 5.97. The number of amides is 2. The summed E-state index contributed by atoms with van der Waals surface area (Å²) < 4.78 is 5.27. The maximum Gasteiger partial charge on any atom is 0.273 e. The number of aromatic nitrogens is 3. The molecule has 0 radical (unpaired) electrons. The molecule has 2 aliphatic rings. The van der Waals surface area contributed by atoms with Crippen molar-refractivity contribution in [3.05, 3.63) is 47.6 Å². The third-order valence-corrected chi connectivity index (χ3v) is 5.88. The Balaban J connectivity index is 1.21. The van der Waals surface area contributed by atoms with Crippen molar-refractivity contribution in [1.29, 1.82) is 0 Å². The number of aromatic amines is 1. The lowest BCUT2D eigenvalue weighted by molar-refractivity contribution is 0.0595. The normalized spacial score (nSPS) is 22.0. The average molecular weight is 393 g/mol. The summed E-state index contributed by atoms with van der Waals surface area (Å²) in [5.74, 6) is 1.02. The number of carbonyl (C=O) groups excluding carboxylic acids is 2. The van der Waals surface area contributed by atoms with E-state index in [-0.39, 0.29) is 23.9 Å². The van der Waals surface area contributed by atoms with E-state index in [2.05, 4.69) is 20.4 Å². The highest BCUT2D eigenvalue weighted by Crippen LogP contribution is 2.40. The number of nitrogens with one attached hydrogen (secondary N) is 2. The monoisotopic (exact) mass is 393 g/mol. The van der Waals surface area contributed by atoms with Crippen molar-refractivity contribution in [3.63, 3.8) is 0 Å². The number of H-pyrrole nitrogens is 1. The van der Waals surface area contributed by atoms with Gasteiger partial charge in [0, 0.05) is 36.2 Å². The third kappa shape index (κ3) is 3.50. The first-order chi connectivity index (χ1) is 14.1. The number of likely N-dealkylation sites (tertiary alicyclic amines) is 1. The van der Waals surface area contributed by atoms with Crippen molar-refractivity contribution >= 4 is 22.8 Å². The van der Waals surface area contributed by atoms with Crippen molar-refractivity contribution in [2.45, 2.75) is 50.6 Å². The molecule has 29 heavy (non-hydrogen) atoms. The van der Waals surface area contributed by atoms with Crippen LogP contribution in [0.1, 0.15) is 65.1 Å². The van der Waals surface area contributed by atoms with E-state index in [0.29, 0.717) is 36.6 Å². The van der Waals surface area contributed by atoms with E-state index < -0.39 is 0 Å². The Morgan fingerprint density at radius 3 is 2.90 bits per heavy atom. The summed E-state index contributed by atoms with van der Waals surface area (Å²) in [4.78, 5) is 34.6. The summed E-state index contributed by atoms with van der Waals surface area (Å²) in [7, 11) is 0. The molecule has 2 atom stereocenters. The molecule has 2 N–H and O–H groups in total. The molecule has 1 aliphatic carbocycles. The predicted molar refractivity (Wildman–Crippen MR) is 106 cm³/mol. The van der Waals surface area contributed by atoms with Crippen LogP contribution in [0.3, 0.4) is 0 Å². The Kier molecular flexibility index (Phi) is 4.34. The first-order valence-electron chi connectivity index (χ1n) is 10.1. The molecule has 8 nitrogen and oxygen atoms in total. The molecular formula is C21H23N5O3. The van der Waals surface area contributed by atoms with Crippen molar-refractivity contribution in [2.75, 3.05) is 6.54 Å². The van der Waals surface area contributed by atoms with Crippen molar-refractivity contribution in [3.8, 4) is 0 Å². The molecule has 3 aromatic rings. The number of hydrogen-bond acceptors (Lipinski definition) is 5. The Labute approximate surface area is 167 Å². The van der Waals surface area contributed by atoms with E-state index in [1.165, 1.54) is 0 Å². The van der Waals surface area contributed by atoms with Gasteiger partial charge in [-0.3, -0.25) is 9.59 Å². The van der Waals surface area contributed by atoms with Crippen molar-refractivity contribution < 1.29 is 14.1 Å². The van der Waals surface area contributed by atoms with Crippen LogP contribution in [0.4, 0.5) is 0 Å². The number of imidazole rings is 1. The molecule has 2 amide bonds. The van der Waals surface area contributed by atoms with Gasteiger partial charge in [-0.2, -0.15) is 0 Å². The quantitative estimate of drug-likeness (QED) is 0.709. The molecule has 1 aliphatic heterocycles. The fourth-order valence-corrected chi connectivity index (χ4v) is 4.05. The summed E-state index contributed by atoms with van der Waals surface area (Å²) in [6, 6.07) is 7.30. The van der Waals surface area contributed by atoms with Gasteiger partial charge in [0.1, 0.15) is 5.76 Å². The van der Waals surface area contributed by atoms with E-state index in [0.717, 1.165) is 29.6 Å². The summed E-state index contributed by atoms with van der Waals surface area (Å²) in [5, 5.41) is 6.95. The van der Waals surface area contributed by atoms with Gasteiger partial charge in [-0.25, -0.2) is 4.98 Å². The first-order valence-corrected chi connectivity index (χ1v) is 10.1. The second-order valence-electron chi connectivity index (χ2n) is 8.07. The summed E-state index contributed by atoms with van der Waals surface area (Å²) >= 11 is 0. The molecule has 1 saturated carbocycles. The molecule has 0 unspecified atom stereocenters. The van der Waals surface area contributed by atoms with Crippen LogP contribution < -0.4 is 5.32 Å². The number of carbonyl (C=O) groups is 2. The number of piperidine rings is 1. The number of fused-ring (bicyclic) bond motifs is 1. The summed E-state index contributed by atoms with van der Waals surface area (Å²) in [6.07, 6.45) is 5.24. The highest BCUT2D eigenvalue weighted by atomic mass is 16.5. The SMILES string of the molecule is C[C@H]1C[C@@H](NC(=O)c2cc(C3CC3)on2)CCN1C(=O)c1ccc2[nH]cnc2c1. The third-order valence-electron chi connectivity index (χ3n) is 5.88. The molecule has 0 spiro atoms. The van der Waals surface area contributed by atoms with Gasteiger partial charge in [0.2, 0.25) is 0 Å². The highest BCUT2D eigenvalue weighted by Gasteiger charge is 2.32. The van der Waals surface area contributed by atoms with Gasteiger partial charge in [-0.1, -0.05) is 5.16 Å². The Morgan fingerprint density at radius 2 is 2.10 bits per heavy atom. The maximum atomic E-state index is 13.0. The fraction of sp³-hybridized carbons (Fsp3) is 0.429. The minimum absolute atomic E-state index is 0.00208. The molecular weight excluding hydrogens is 370 g/mol. The van der Waals surface area contributed by atoms with Crippen LogP contribution in [0.25, 0.3) is 11.0 Å². The molecule has 8 heteroatoms. The second kappa shape index (κ2) is 7.02. The lowest BCUT2D eigenvalue weighted by Crippen LogP contribution is -2.51. The van der Waals surface area contributed by atoms with Crippen LogP contribution in [-0.2, 0) is 0 Å². The molecule has 2 fully saturated rings. The molecule has 5 rings (SSSR count). The van der Waals surface area contributed by atoms with Crippen LogP contribution in [0, 0.1) is 0 Å². The zero-order chi connectivity index (χ0) is 20.0. The molecule has 3 heterocycles. The van der Waals surface area contributed by atoms with Gasteiger partial charge in [0.15, 0.2) is 5.69 Å². The topological polar surface area (TPSA) is 104 Å². The van der Waals surface area contributed by atoms with Crippen LogP contribution in [0.5, 0.6) is 0 Å². The van der Waals surface area contributed by atoms with E-state index in [9.17, 15) is 9.59 Å². The van der Waals surface area contributed by atoms with E-state index in [4.69, 9.17) is 4.52 Å². The van der Waals surface area contributed by atoms with Crippen molar-refractivity contribution in [2.24, 2.45) is 0 Å². The number of benzene rings is 1. The van der Waals surface area contributed by atoms with Crippen LogP contribution in [-0.4, -0.2) is 50.5 Å². The molecule has 1 aromatic carbocycles. The summed E-state index contributed by atoms with van der Waals surface area (Å²) in [5.41, 5.74) is 2.66. The van der Waals surface area contributed by atoms with Gasteiger partial charge in [-0.05, 0) is 50.8 Å². The number of hydrogen-bond donors (Lipinski definition) is 2. The van der Waals surface area contributed by atoms with E-state index in [1.54, 1.807) is 12.4 Å². The minimum Gasteiger partial charge on any atom is -0.360 e. The van der Waals surface area contributed by atoms with Gasteiger partial charge in [0.05, 0.1) is 17.4 Å². The first kappa shape index (κ1) is 17.9. The van der Waals surface area contributed by atoms with Gasteiger partial charge in [-0.15, -0.1) is 0 Å². The smallest absolute Gasteiger partial charge is 0.273 e. The standard InChI is InChI=1S/C21H23N5O3/c1-12-8-15(24-20(27)18-10-19(29-25-18)13-2-3-13)6-7-26(12)21(28)14-4-5-16-17(9-14)23-11-22-16/h4-5,9-13,15H,2-3,6-8H2,1H3,(H,22,23)(H,24,27)/t12-,15-/m0/s1. The Bertz CT molecular complexity index is 1070. The molecule has 1 saturated heterocycles. The lowest BCUT2D eigenvalue weighted by atomic mass is 9.97. The van der Waals surface area contributed by atoms with E-state index in [1.807, 2.05) is 30.0 Å². The largest absolute Gasteiger partial charge is 0.360 e. The fourth-order valence-electron chi connectivity index (χ4n) is 4.05. The Hall–Kier alpha value is -3.16. The van der Waals surface area contributed by atoms with E-state index >= 15 is 0 Å². The average Bonchev–Trinajstić information content (AvgIpc) is 3.26. The summed E-state index contributed by atoms with van der Waals surface area (Å²) in [6.45, 7) is 2.61.